The van der Waals surface area contributed by atoms with Gasteiger partial charge >= 0.3 is 0 Å². The number of hydrogen-bond donors (Lipinski definition) is 0. The van der Waals surface area contributed by atoms with E-state index in [0.29, 0.717) is 33.9 Å². The Morgan fingerprint density at radius 1 is 1.00 bits per heavy atom. The molecular weight excluding hydrogens is 502 g/mol. The average molecular weight is 550 g/mol. The van der Waals surface area contributed by atoms with Gasteiger partial charge in [-0.2, -0.15) is 0 Å². The van der Waals surface area contributed by atoms with Gasteiger partial charge in [-0.3, -0.25) is 9.69 Å². The number of likely N-dealkylation sites (tertiary alicyclic amines) is 1. The van der Waals surface area contributed by atoms with Crippen molar-refractivity contribution in [3.05, 3.63) is 53.9 Å². The van der Waals surface area contributed by atoms with E-state index in [9.17, 15) is 4.79 Å². The summed E-state index contributed by atoms with van der Waals surface area (Å²) in [4.78, 5) is 21.7. The fourth-order valence-corrected chi connectivity index (χ4v) is 14.0. The molecule has 0 bridgehead atoms. The highest BCUT2D eigenvalue weighted by atomic mass is 28.3. The van der Waals surface area contributed by atoms with Crippen LogP contribution in [0.1, 0.15) is 70.8 Å². The van der Waals surface area contributed by atoms with Crippen LogP contribution in [0.2, 0.25) is 16.6 Å². The zero-order chi connectivity index (χ0) is 28.5. The van der Waals surface area contributed by atoms with Gasteiger partial charge in [0, 0.05) is 24.4 Å². The van der Waals surface area contributed by atoms with Crippen molar-refractivity contribution in [2.45, 2.75) is 78.1 Å². The molecule has 7 heteroatoms. The first kappa shape index (κ1) is 29.3. The van der Waals surface area contributed by atoms with Crippen LogP contribution in [0.4, 0.5) is 0 Å². The maximum absolute atomic E-state index is 14.4. The van der Waals surface area contributed by atoms with Crippen LogP contribution in [-0.4, -0.2) is 55.4 Å². The molecule has 0 aliphatic carbocycles. The topological polar surface area (TPSA) is 56.6 Å². The van der Waals surface area contributed by atoms with E-state index in [1.165, 1.54) is 5.56 Å². The van der Waals surface area contributed by atoms with Gasteiger partial charge in [-0.15, -0.1) is 0 Å². The molecule has 1 saturated heterocycles. The van der Waals surface area contributed by atoms with Gasteiger partial charge < -0.3 is 13.7 Å². The summed E-state index contributed by atoms with van der Waals surface area (Å²) in [7, 11) is 1.30. The van der Waals surface area contributed by atoms with Crippen LogP contribution in [0.15, 0.2) is 42.7 Å². The third-order valence-corrected chi connectivity index (χ3v) is 16.0. The summed E-state index contributed by atoms with van der Waals surface area (Å²) >= 11 is 0. The number of ketones is 1. The van der Waals surface area contributed by atoms with Crippen molar-refractivity contribution in [3.8, 4) is 11.5 Å². The summed E-state index contributed by atoms with van der Waals surface area (Å²) in [6, 6.07) is 10.3. The maximum atomic E-state index is 14.4. The van der Waals surface area contributed by atoms with Crippen molar-refractivity contribution >= 4 is 25.1 Å². The van der Waals surface area contributed by atoms with Gasteiger partial charge in [0.15, 0.2) is 14.0 Å². The van der Waals surface area contributed by atoms with E-state index < -0.39 is 8.24 Å². The molecule has 0 radical (unpaired) electrons. The number of hydrogen-bond acceptors (Lipinski definition) is 5. The fourth-order valence-electron chi connectivity index (χ4n) is 7.42. The lowest BCUT2D eigenvalue weighted by molar-refractivity contribution is 0.0704. The van der Waals surface area contributed by atoms with Crippen LogP contribution in [0.3, 0.4) is 0 Å². The molecule has 1 aromatic carbocycles. The minimum absolute atomic E-state index is 0.0952. The number of pyridine rings is 1. The Morgan fingerprint density at radius 2 is 1.64 bits per heavy atom. The van der Waals surface area contributed by atoms with Gasteiger partial charge in [-0.05, 0) is 65.5 Å². The van der Waals surface area contributed by atoms with Crippen LogP contribution >= 0.6 is 0 Å². The largest absolute Gasteiger partial charge is 0.497 e. The second-order valence-electron chi connectivity index (χ2n) is 12.3. The van der Waals surface area contributed by atoms with Gasteiger partial charge in [0.25, 0.3) is 0 Å². The minimum atomic E-state index is -2.03. The van der Waals surface area contributed by atoms with Crippen molar-refractivity contribution in [2.75, 3.05) is 27.3 Å². The summed E-state index contributed by atoms with van der Waals surface area (Å²) in [6.45, 7) is 18.9. The number of carbonyl (C=O) groups excluding carboxylic acids is 1. The molecule has 212 valence electrons. The molecule has 1 aliphatic rings. The van der Waals surface area contributed by atoms with Crippen molar-refractivity contribution in [2.24, 2.45) is 11.8 Å². The van der Waals surface area contributed by atoms with Crippen molar-refractivity contribution < 1.29 is 14.3 Å². The van der Waals surface area contributed by atoms with E-state index in [2.05, 4.69) is 82.0 Å². The molecule has 6 nitrogen and oxygen atoms in total. The van der Waals surface area contributed by atoms with Crippen molar-refractivity contribution in [1.82, 2.24) is 14.1 Å². The molecule has 3 aromatic rings. The number of piperidine rings is 1. The smallest absolute Gasteiger partial charge is 0.172 e. The predicted molar refractivity (Wildman–Crippen MR) is 163 cm³/mol. The number of nitrogens with zero attached hydrogens (tertiary/aromatic N) is 3. The molecule has 1 fully saturated rings. The average Bonchev–Trinajstić information content (AvgIpc) is 3.33. The van der Waals surface area contributed by atoms with Crippen molar-refractivity contribution in [3.63, 3.8) is 0 Å². The molecule has 4 rings (SSSR count). The lowest BCUT2D eigenvalue weighted by atomic mass is 9.81. The molecule has 0 spiro atoms. The highest BCUT2D eigenvalue weighted by molar-refractivity contribution is 6.82. The Labute approximate surface area is 235 Å². The lowest BCUT2D eigenvalue weighted by Gasteiger charge is -2.44. The summed E-state index contributed by atoms with van der Waals surface area (Å²) in [5.74, 6) is 1.82. The van der Waals surface area contributed by atoms with Crippen LogP contribution in [0.5, 0.6) is 11.5 Å². The quantitative estimate of drug-likeness (QED) is 0.195. The van der Waals surface area contributed by atoms with Crippen molar-refractivity contribution in [1.29, 1.82) is 0 Å². The monoisotopic (exact) mass is 549 g/mol. The van der Waals surface area contributed by atoms with Crippen LogP contribution in [0, 0.1) is 11.8 Å². The second kappa shape index (κ2) is 11.8. The van der Waals surface area contributed by atoms with E-state index in [0.717, 1.165) is 42.8 Å². The molecule has 3 heterocycles. The highest BCUT2D eigenvalue weighted by Gasteiger charge is 2.46. The number of benzene rings is 1. The van der Waals surface area contributed by atoms with Gasteiger partial charge in [0.1, 0.15) is 17.1 Å². The number of rotatable bonds is 10. The Balaban J connectivity index is 1.72. The van der Waals surface area contributed by atoms with Gasteiger partial charge in [-0.25, -0.2) is 4.98 Å². The number of fused-ring (bicyclic) bond motifs is 1. The third-order valence-electron chi connectivity index (χ3n) is 9.28. The number of methoxy groups -OCH3 is 2. The summed E-state index contributed by atoms with van der Waals surface area (Å²) in [5.41, 5.74) is 4.45. The van der Waals surface area contributed by atoms with Gasteiger partial charge in [0.05, 0.1) is 26.0 Å². The number of ether oxygens (including phenoxy) is 2. The first-order chi connectivity index (χ1) is 18.6. The minimum Gasteiger partial charge on any atom is -0.497 e. The Morgan fingerprint density at radius 3 is 2.21 bits per heavy atom. The third kappa shape index (κ3) is 5.28. The van der Waals surface area contributed by atoms with Gasteiger partial charge in [-0.1, -0.05) is 60.6 Å². The zero-order valence-corrected chi connectivity index (χ0v) is 26.3. The SMILES string of the molecule is COc1ccc(CN2CC[C@H](C)[C@H](C(=O)c3c(OC)cnc4c3ccn4[Si](C(C)C)(C(C)C)C(C)C)C2)cc1. The van der Waals surface area contributed by atoms with E-state index in [1.807, 2.05) is 12.1 Å². The fraction of sp³-hybridized carbons (Fsp3) is 0.562. The summed E-state index contributed by atoms with van der Waals surface area (Å²) in [5, 5.41) is 0.928. The Kier molecular flexibility index (Phi) is 8.91. The molecule has 1 aliphatic heterocycles. The zero-order valence-electron chi connectivity index (χ0n) is 25.3. The van der Waals surface area contributed by atoms with Crippen LogP contribution in [0.25, 0.3) is 11.0 Å². The van der Waals surface area contributed by atoms with Crippen LogP contribution < -0.4 is 9.47 Å². The summed E-state index contributed by atoms with van der Waals surface area (Å²) < 4.78 is 13.6. The number of Topliss-reactive ketones (excluding diaryl/α,β-unsaturated/α-hetero) is 1. The normalized spacial score (nSPS) is 18.9. The molecule has 2 atom stereocenters. The first-order valence-electron chi connectivity index (χ1n) is 14.5. The second-order valence-corrected chi connectivity index (χ2v) is 18.0. The number of carbonyl (C=O) groups is 1. The Hall–Kier alpha value is -2.64. The molecular formula is C32H47N3O3Si. The molecule has 0 amide bonds. The predicted octanol–water partition coefficient (Wildman–Crippen LogP) is 7.42. The van der Waals surface area contributed by atoms with Crippen LogP contribution in [-0.2, 0) is 6.54 Å². The first-order valence-corrected chi connectivity index (χ1v) is 16.7. The van der Waals surface area contributed by atoms with E-state index >= 15 is 0 Å². The number of aromatic nitrogens is 2. The molecule has 39 heavy (non-hydrogen) atoms. The molecule has 0 saturated carbocycles. The lowest BCUT2D eigenvalue weighted by Crippen LogP contribution is -2.51. The highest BCUT2D eigenvalue weighted by Crippen LogP contribution is 2.45. The molecule has 0 N–H and O–H groups in total. The molecule has 0 unspecified atom stereocenters. The standard InChI is InChI=1S/C32H47N3O3Si/c1-21(2)39(22(3)4,23(5)6)35-17-15-27-30(29(38-9)18-33-32(27)35)31(36)28-20-34(16-14-24(28)7)19-25-10-12-26(37-8)13-11-25/h10-13,15,17-18,21-24,28H,14,16,19-20H2,1-9H3/t24-,28+/m0/s1. The van der Waals surface area contributed by atoms with Gasteiger partial charge in [0.2, 0.25) is 0 Å². The summed E-state index contributed by atoms with van der Waals surface area (Å²) in [6.07, 6.45) is 4.98. The Bertz CT molecular complexity index is 1260. The van der Waals surface area contributed by atoms with E-state index in [-0.39, 0.29) is 11.7 Å². The van der Waals surface area contributed by atoms with E-state index in [4.69, 9.17) is 14.5 Å². The van der Waals surface area contributed by atoms with E-state index in [1.54, 1.807) is 20.4 Å². The molecule has 2 aromatic heterocycles. The maximum Gasteiger partial charge on any atom is 0.172 e.